The van der Waals surface area contributed by atoms with Crippen molar-refractivity contribution in [3.63, 3.8) is 0 Å². The van der Waals surface area contributed by atoms with E-state index in [0.29, 0.717) is 16.1 Å². The molecule has 148 valence electrons. The quantitative estimate of drug-likeness (QED) is 0.372. The van der Waals surface area contributed by atoms with Crippen molar-refractivity contribution in [1.29, 1.82) is 0 Å². The summed E-state index contributed by atoms with van der Waals surface area (Å²) in [5.41, 5.74) is 5.24. The molecule has 3 N–H and O–H groups in total. The standard InChI is InChI=1S/C20H20N6OS2/c1-11-4-6-14(7-5-11)18-24-25-20(26(18)21)28-10-16(27)22-19-23-17-13(3)8-12(2)9-15(17)29-19/h4-9H,10,21H2,1-3H3,(H,22,23,27). The summed E-state index contributed by atoms with van der Waals surface area (Å²) in [7, 11) is 0. The van der Waals surface area contributed by atoms with Gasteiger partial charge in [-0.2, -0.15) is 0 Å². The molecule has 4 rings (SSSR count). The third kappa shape index (κ3) is 4.10. The summed E-state index contributed by atoms with van der Waals surface area (Å²) in [6.45, 7) is 6.09. The van der Waals surface area contributed by atoms with E-state index in [2.05, 4.69) is 39.6 Å². The van der Waals surface area contributed by atoms with Crippen LogP contribution in [0.1, 0.15) is 16.7 Å². The van der Waals surface area contributed by atoms with Crippen LogP contribution in [-0.2, 0) is 4.79 Å². The number of benzene rings is 2. The Kier molecular flexibility index (Phi) is 5.25. The molecule has 29 heavy (non-hydrogen) atoms. The number of hydrogen-bond acceptors (Lipinski definition) is 7. The van der Waals surface area contributed by atoms with Crippen LogP contribution in [0.4, 0.5) is 5.13 Å². The second kappa shape index (κ2) is 7.84. The third-order valence-electron chi connectivity index (χ3n) is 4.38. The maximum absolute atomic E-state index is 12.4. The van der Waals surface area contributed by atoms with Gasteiger partial charge in [-0.3, -0.25) is 4.79 Å². The third-order valence-corrected chi connectivity index (χ3v) is 6.24. The lowest BCUT2D eigenvalue weighted by atomic mass is 10.1. The van der Waals surface area contributed by atoms with E-state index in [4.69, 9.17) is 5.84 Å². The molecule has 0 saturated carbocycles. The van der Waals surface area contributed by atoms with E-state index in [0.717, 1.165) is 26.9 Å². The predicted octanol–water partition coefficient (Wildman–Crippen LogP) is 3.92. The summed E-state index contributed by atoms with van der Waals surface area (Å²) in [6, 6.07) is 12.0. The number of aromatic nitrogens is 4. The minimum absolute atomic E-state index is 0.164. The Bertz CT molecular complexity index is 1200. The molecule has 0 radical (unpaired) electrons. The topological polar surface area (TPSA) is 98.7 Å². The number of nitrogen functional groups attached to an aromatic ring is 1. The molecule has 9 heteroatoms. The molecular weight excluding hydrogens is 404 g/mol. The molecule has 2 aromatic carbocycles. The molecule has 0 fully saturated rings. The molecule has 0 aliphatic carbocycles. The van der Waals surface area contributed by atoms with E-state index in [9.17, 15) is 4.79 Å². The summed E-state index contributed by atoms with van der Waals surface area (Å²) >= 11 is 2.71. The molecule has 0 aliphatic rings. The number of carbonyl (C=O) groups excluding carboxylic acids is 1. The predicted molar refractivity (Wildman–Crippen MR) is 119 cm³/mol. The normalized spacial score (nSPS) is 11.1. The zero-order chi connectivity index (χ0) is 20.5. The van der Waals surface area contributed by atoms with E-state index in [1.165, 1.54) is 33.3 Å². The minimum Gasteiger partial charge on any atom is -0.335 e. The lowest BCUT2D eigenvalue weighted by Crippen LogP contribution is -2.16. The number of thiazole rings is 1. The SMILES string of the molecule is Cc1ccc(-c2nnc(SCC(=O)Nc3nc4c(C)cc(C)cc4s3)n2N)cc1. The number of aryl methyl sites for hydroxylation is 3. The molecule has 2 aromatic heterocycles. The van der Waals surface area contributed by atoms with Crippen molar-refractivity contribution < 1.29 is 4.79 Å². The molecule has 1 amide bonds. The molecule has 2 heterocycles. The number of thioether (sulfide) groups is 1. The maximum Gasteiger partial charge on any atom is 0.236 e. The van der Waals surface area contributed by atoms with Crippen molar-refractivity contribution >= 4 is 44.4 Å². The van der Waals surface area contributed by atoms with E-state index in [1.807, 2.05) is 38.1 Å². The van der Waals surface area contributed by atoms with Crippen molar-refractivity contribution in [3.05, 3.63) is 53.1 Å². The molecule has 0 spiro atoms. The van der Waals surface area contributed by atoms with Crippen LogP contribution >= 0.6 is 23.1 Å². The van der Waals surface area contributed by atoms with Gasteiger partial charge < -0.3 is 11.2 Å². The highest BCUT2D eigenvalue weighted by molar-refractivity contribution is 7.99. The van der Waals surface area contributed by atoms with Crippen LogP contribution in [0.2, 0.25) is 0 Å². The van der Waals surface area contributed by atoms with Crippen LogP contribution in [0.15, 0.2) is 41.6 Å². The molecule has 0 bridgehead atoms. The molecule has 4 aromatic rings. The van der Waals surface area contributed by atoms with Crippen molar-refractivity contribution in [2.45, 2.75) is 25.9 Å². The Morgan fingerprint density at radius 2 is 1.90 bits per heavy atom. The van der Waals surface area contributed by atoms with Gasteiger partial charge in [-0.05, 0) is 38.0 Å². The van der Waals surface area contributed by atoms with Crippen LogP contribution in [0.25, 0.3) is 21.6 Å². The van der Waals surface area contributed by atoms with Crippen LogP contribution in [0.5, 0.6) is 0 Å². The van der Waals surface area contributed by atoms with Crippen LogP contribution in [-0.4, -0.2) is 31.5 Å². The molecule has 0 aliphatic heterocycles. The summed E-state index contributed by atoms with van der Waals surface area (Å²) in [6.07, 6.45) is 0. The fourth-order valence-corrected chi connectivity index (χ4v) is 4.70. The molecule has 7 nitrogen and oxygen atoms in total. The van der Waals surface area contributed by atoms with E-state index < -0.39 is 0 Å². The second-order valence-electron chi connectivity index (χ2n) is 6.83. The average molecular weight is 425 g/mol. The summed E-state index contributed by atoms with van der Waals surface area (Å²) in [4.78, 5) is 16.9. The number of carbonyl (C=O) groups is 1. The number of nitrogens with two attached hydrogens (primary N) is 1. The first-order chi connectivity index (χ1) is 13.9. The van der Waals surface area contributed by atoms with E-state index in [1.54, 1.807) is 0 Å². The lowest BCUT2D eigenvalue weighted by molar-refractivity contribution is -0.113. The smallest absolute Gasteiger partial charge is 0.236 e. The number of fused-ring (bicyclic) bond motifs is 1. The number of nitrogens with one attached hydrogen (secondary N) is 1. The van der Waals surface area contributed by atoms with Gasteiger partial charge in [0.15, 0.2) is 11.0 Å². The number of hydrogen-bond donors (Lipinski definition) is 2. The fraction of sp³-hybridized carbons (Fsp3) is 0.200. The Labute approximate surface area is 176 Å². The zero-order valence-electron chi connectivity index (χ0n) is 16.3. The molecule has 0 saturated heterocycles. The Hall–Kier alpha value is -2.91. The zero-order valence-corrected chi connectivity index (χ0v) is 17.9. The van der Waals surface area contributed by atoms with Gasteiger partial charge >= 0.3 is 0 Å². The fourth-order valence-electron chi connectivity index (χ4n) is 2.98. The van der Waals surface area contributed by atoms with Crippen molar-refractivity contribution in [2.24, 2.45) is 0 Å². The second-order valence-corrected chi connectivity index (χ2v) is 8.80. The van der Waals surface area contributed by atoms with Gasteiger partial charge in [0, 0.05) is 5.56 Å². The monoisotopic (exact) mass is 424 g/mol. The van der Waals surface area contributed by atoms with Crippen molar-refractivity contribution in [3.8, 4) is 11.4 Å². The van der Waals surface area contributed by atoms with Crippen molar-refractivity contribution in [2.75, 3.05) is 16.9 Å². The van der Waals surface area contributed by atoms with Gasteiger partial charge in [-0.1, -0.05) is 59.0 Å². The van der Waals surface area contributed by atoms with Crippen LogP contribution in [0, 0.1) is 20.8 Å². The number of anilines is 1. The highest BCUT2D eigenvalue weighted by Crippen LogP contribution is 2.29. The van der Waals surface area contributed by atoms with Gasteiger partial charge in [0.25, 0.3) is 0 Å². The van der Waals surface area contributed by atoms with Gasteiger partial charge in [0.05, 0.1) is 16.0 Å². The first kappa shape index (κ1) is 19.4. The maximum atomic E-state index is 12.4. The lowest BCUT2D eigenvalue weighted by Gasteiger charge is -2.04. The molecule has 0 atom stereocenters. The highest BCUT2D eigenvalue weighted by atomic mass is 32.2. The molecular formula is C20H20N6OS2. The average Bonchev–Trinajstić information content (AvgIpc) is 3.24. The summed E-state index contributed by atoms with van der Waals surface area (Å²) in [5, 5.41) is 12.2. The Balaban J connectivity index is 1.42. The first-order valence-corrected chi connectivity index (χ1v) is 10.8. The van der Waals surface area contributed by atoms with Crippen LogP contribution in [0.3, 0.4) is 0 Å². The minimum atomic E-state index is -0.164. The highest BCUT2D eigenvalue weighted by Gasteiger charge is 2.15. The Morgan fingerprint density at radius 3 is 2.66 bits per heavy atom. The van der Waals surface area contributed by atoms with E-state index >= 15 is 0 Å². The summed E-state index contributed by atoms with van der Waals surface area (Å²) < 4.78 is 2.47. The summed E-state index contributed by atoms with van der Waals surface area (Å²) in [5.74, 6) is 6.68. The van der Waals surface area contributed by atoms with Gasteiger partial charge in [0.1, 0.15) is 0 Å². The first-order valence-electron chi connectivity index (χ1n) is 8.98. The van der Waals surface area contributed by atoms with Crippen molar-refractivity contribution in [1.82, 2.24) is 19.9 Å². The number of amides is 1. The van der Waals surface area contributed by atoms with Crippen LogP contribution < -0.4 is 11.2 Å². The molecule has 0 unspecified atom stereocenters. The van der Waals surface area contributed by atoms with E-state index in [-0.39, 0.29) is 11.7 Å². The van der Waals surface area contributed by atoms with Gasteiger partial charge in [-0.25, -0.2) is 9.66 Å². The number of rotatable bonds is 5. The Morgan fingerprint density at radius 1 is 1.14 bits per heavy atom. The van der Waals surface area contributed by atoms with Gasteiger partial charge in [0.2, 0.25) is 11.1 Å². The largest absolute Gasteiger partial charge is 0.335 e. The number of nitrogens with zero attached hydrogens (tertiary/aromatic N) is 4. The van der Waals surface area contributed by atoms with Gasteiger partial charge in [-0.15, -0.1) is 10.2 Å².